The molecule has 7 heteroatoms. The van der Waals surface area contributed by atoms with Gasteiger partial charge in [-0.1, -0.05) is 11.6 Å². The van der Waals surface area contributed by atoms with Gasteiger partial charge in [0.2, 0.25) is 5.91 Å². The smallest absolute Gasteiger partial charge is 0.264 e. The average molecular weight is 339 g/mol. The van der Waals surface area contributed by atoms with E-state index in [0.717, 1.165) is 4.31 Å². The summed E-state index contributed by atoms with van der Waals surface area (Å²) in [7, 11) is -2.25. The van der Waals surface area contributed by atoms with Crippen molar-refractivity contribution in [2.45, 2.75) is 11.8 Å². The Kier molecular flexibility index (Phi) is 4.44. The Labute approximate surface area is 134 Å². The molecule has 0 aliphatic rings. The Morgan fingerprint density at radius 3 is 2.23 bits per heavy atom. The summed E-state index contributed by atoms with van der Waals surface area (Å²) in [6, 6.07) is 10.5. The predicted octanol–water partition coefficient (Wildman–Crippen LogP) is 2.57. The molecule has 0 bridgehead atoms. The van der Waals surface area contributed by atoms with Crippen LogP contribution < -0.4 is 10.0 Å². The maximum Gasteiger partial charge on any atom is 0.264 e. The molecule has 22 heavy (non-hydrogen) atoms. The van der Waals surface area contributed by atoms with Crippen LogP contribution in [-0.2, 0) is 10.0 Å². The van der Waals surface area contributed by atoms with Crippen molar-refractivity contribution in [3.8, 4) is 0 Å². The quantitative estimate of drug-likeness (QED) is 0.930. The van der Waals surface area contributed by atoms with E-state index < -0.39 is 15.9 Å². The van der Waals surface area contributed by atoms with Crippen LogP contribution >= 0.6 is 11.6 Å². The first-order valence-electron chi connectivity index (χ1n) is 6.38. The van der Waals surface area contributed by atoms with Crippen molar-refractivity contribution in [3.05, 3.63) is 58.6 Å². The van der Waals surface area contributed by atoms with Crippen LogP contribution in [0.5, 0.6) is 0 Å². The number of primary amides is 1. The Balaban J connectivity index is 2.44. The molecule has 0 spiro atoms. The Morgan fingerprint density at radius 2 is 1.73 bits per heavy atom. The highest BCUT2D eigenvalue weighted by Gasteiger charge is 2.22. The zero-order valence-electron chi connectivity index (χ0n) is 12.1. The highest BCUT2D eigenvalue weighted by molar-refractivity contribution is 7.92. The lowest BCUT2D eigenvalue weighted by molar-refractivity contribution is 0.1000. The van der Waals surface area contributed by atoms with Crippen LogP contribution in [0.1, 0.15) is 15.9 Å². The Morgan fingerprint density at radius 1 is 1.14 bits per heavy atom. The Bertz CT molecular complexity index is 817. The van der Waals surface area contributed by atoms with E-state index in [4.69, 9.17) is 17.3 Å². The summed E-state index contributed by atoms with van der Waals surface area (Å²) in [5.74, 6) is -0.558. The fourth-order valence-corrected chi connectivity index (χ4v) is 3.44. The summed E-state index contributed by atoms with van der Waals surface area (Å²) < 4.78 is 26.4. The lowest BCUT2D eigenvalue weighted by Crippen LogP contribution is -2.27. The normalized spacial score (nSPS) is 11.2. The van der Waals surface area contributed by atoms with E-state index in [1.54, 1.807) is 19.1 Å². The third kappa shape index (κ3) is 3.08. The Hall–Kier alpha value is -2.05. The molecule has 0 aliphatic heterocycles. The summed E-state index contributed by atoms with van der Waals surface area (Å²) >= 11 is 5.78. The number of nitrogens with two attached hydrogens (primary N) is 1. The van der Waals surface area contributed by atoms with E-state index in [1.165, 1.54) is 37.4 Å². The topological polar surface area (TPSA) is 80.5 Å². The molecule has 2 aromatic carbocycles. The second-order valence-electron chi connectivity index (χ2n) is 4.79. The molecule has 0 saturated heterocycles. The third-order valence-electron chi connectivity index (χ3n) is 3.29. The van der Waals surface area contributed by atoms with Crippen molar-refractivity contribution in [2.24, 2.45) is 5.73 Å². The number of benzene rings is 2. The molecule has 116 valence electrons. The second-order valence-corrected chi connectivity index (χ2v) is 7.20. The van der Waals surface area contributed by atoms with E-state index in [9.17, 15) is 13.2 Å². The molecule has 0 atom stereocenters. The number of carbonyl (C=O) groups excluding carboxylic acids is 1. The molecule has 0 heterocycles. The molecule has 1 amide bonds. The SMILES string of the molecule is Cc1cc(C(N)=O)ccc1N(C)S(=O)(=O)c1ccc(Cl)cc1. The number of aryl methyl sites for hydroxylation is 1. The molecule has 0 aliphatic carbocycles. The molecule has 2 rings (SSSR count). The molecule has 0 fully saturated rings. The number of amides is 1. The maximum atomic E-state index is 12.6. The van der Waals surface area contributed by atoms with Gasteiger partial charge in [0.05, 0.1) is 10.6 Å². The molecule has 2 N–H and O–H groups in total. The predicted molar refractivity (Wildman–Crippen MR) is 86.7 cm³/mol. The number of anilines is 1. The van der Waals surface area contributed by atoms with Crippen molar-refractivity contribution >= 4 is 33.2 Å². The molecular weight excluding hydrogens is 324 g/mol. The molecule has 2 aromatic rings. The van der Waals surface area contributed by atoms with Crippen LogP contribution in [0.15, 0.2) is 47.4 Å². The minimum atomic E-state index is -3.71. The van der Waals surface area contributed by atoms with Gasteiger partial charge in [-0.15, -0.1) is 0 Å². The number of hydrogen-bond donors (Lipinski definition) is 1. The summed E-state index contributed by atoms with van der Waals surface area (Å²) in [6.07, 6.45) is 0. The van der Waals surface area contributed by atoms with E-state index in [2.05, 4.69) is 0 Å². The molecular formula is C15H15ClN2O3S. The van der Waals surface area contributed by atoms with E-state index in [1.807, 2.05) is 0 Å². The standard InChI is InChI=1S/C15H15ClN2O3S/c1-10-9-11(15(17)19)3-8-14(10)18(2)22(20,21)13-6-4-12(16)5-7-13/h3-9H,1-2H3,(H2,17,19). The fourth-order valence-electron chi connectivity index (χ4n) is 2.06. The first kappa shape index (κ1) is 16.3. The lowest BCUT2D eigenvalue weighted by Gasteiger charge is -2.21. The molecule has 0 aromatic heterocycles. The van der Waals surface area contributed by atoms with Crippen LogP contribution in [0.3, 0.4) is 0 Å². The molecule has 0 radical (unpaired) electrons. The number of sulfonamides is 1. The van der Waals surface area contributed by atoms with Crippen LogP contribution in [-0.4, -0.2) is 21.4 Å². The second kappa shape index (κ2) is 5.98. The van der Waals surface area contributed by atoms with Crippen LogP contribution in [0, 0.1) is 6.92 Å². The number of nitrogens with zero attached hydrogens (tertiary/aromatic N) is 1. The minimum Gasteiger partial charge on any atom is -0.366 e. The highest BCUT2D eigenvalue weighted by atomic mass is 35.5. The summed E-state index contributed by atoms with van der Waals surface area (Å²) in [5, 5.41) is 0.462. The van der Waals surface area contributed by atoms with Gasteiger partial charge in [0.1, 0.15) is 0 Å². The van der Waals surface area contributed by atoms with Crippen molar-refractivity contribution in [1.82, 2.24) is 0 Å². The van der Waals surface area contributed by atoms with Crippen molar-refractivity contribution in [3.63, 3.8) is 0 Å². The molecule has 0 unspecified atom stereocenters. The van der Waals surface area contributed by atoms with Crippen molar-refractivity contribution in [1.29, 1.82) is 0 Å². The summed E-state index contributed by atoms with van der Waals surface area (Å²) in [4.78, 5) is 11.3. The van der Waals surface area contributed by atoms with Crippen LogP contribution in [0.4, 0.5) is 5.69 Å². The third-order valence-corrected chi connectivity index (χ3v) is 5.33. The van der Waals surface area contributed by atoms with E-state index in [-0.39, 0.29) is 4.90 Å². The van der Waals surface area contributed by atoms with Crippen LogP contribution in [0.25, 0.3) is 0 Å². The number of carbonyl (C=O) groups is 1. The summed E-state index contributed by atoms with van der Waals surface area (Å²) in [5.41, 5.74) is 6.66. The van der Waals surface area contributed by atoms with Crippen molar-refractivity contribution < 1.29 is 13.2 Å². The number of hydrogen-bond acceptors (Lipinski definition) is 3. The number of rotatable bonds is 4. The minimum absolute atomic E-state index is 0.137. The maximum absolute atomic E-state index is 12.6. The van der Waals surface area contributed by atoms with Gasteiger partial charge in [0.15, 0.2) is 0 Å². The zero-order valence-corrected chi connectivity index (χ0v) is 13.6. The zero-order chi connectivity index (χ0) is 16.5. The van der Waals surface area contributed by atoms with Gasteiger partial charge < -0.3 is 5.73 Å². The van der Waals surface area contributed by atoms with Gasteiger partial charge in [-0.25, -0.2) is 8.42 Å². The molecule has 0 saturated carbocycles. The molecule has 5 nitrogen and oxygen atoms in total. The van der Waals surface area contributed by atoms with Gasteiger partial charge in [0.25, 0.3) is 10.0 Å². The lowest BCUT2D eigenvalue weighted by atomic mass is 10.1. The largest absolute Gasteiger partial charge is 0.366 e. The highest BCUT2D eigenvalue weighted by Crippen LogP contribution is 2.26. The fraction of sp³-hybridized carbons (Fsp3) is 0.133. The first-order chi connectivity index (χ1) is 10.2. The first-order valence-corrected chi connectivity index (χ1v) is 8.20. The average Bonchev–Trinajstić information content (AvgIpc) is 2.46. The van der Waals surface area contributed by atoms with E-state index >= 15 is 0 Å². The van der Waals surface area contributed by atoms with Gasteiger partial charge in [-0.3, -0.25) is 9.10 Å². The van der Waals surface area contributed by atoms with Crippen molar-refractivity contribution in [2.75, 3.05) is 11.4 Å². The summed E-state index contributed by atoms with van der Waals surface area (Å²) in [6.45, 7) is 1.72. The van der Waals surface area contributed by atoms with Gasteiger partial charge in [-0.2, -0.15) is 0 Å². The van der Waals surface area contributed by atoms with E-state index in [0.29, 0.717) is 21.8 Å². The monoisotopic (exact) mass is 338 g/mol. The van der Waals surface area contributed by atoms with Gasteiger partial charge in [0, 0.05) is 17.6 Å². The van der Waals surface area contributed by atoms with Crippen LogP contribution in [0.2, 0.25) is 5.02 Å². The number of halogens is 1. The van der Waals surface area contributed by atoms with Gasteiger partial charge >= 0.3 is 0 Å². The van der Waals surface area contributed by atoms with Gasteiger partial charge in [-0.05, 0) is 55.0 Å².